The van der Waals surface area contributed by atoms with Gasteiger partial charge in [0.15, 0.2) is 5.82 Å². The van der Waals surface area contributed by atoms with Crippen molar-refractivity contribution >= 4 is 5.91 Å². The Balaban J connectivity index is 1.71. The van der Waals surface area contributed by atoms with Crippen LogP contribution in [0.1, 0.15) is 41.9 Å². The quantitative estimate of drug-likeness (QED) is 0.843. The van der Waals surface area contributed by atoms with Gasteiger partial charge in [-0.2, -0.15) is 0 Å². The predicted octanol–water partition coefficient (Wildman–Crippen LogP) is 2.61. The Labute approximate surface area is 143 Å². The maximum Gasteiger partial charge on any atom is 0.287 e. The second-order valence-corrected chi connectivity index (χ2v) is 6.45. The van der Waals surface area contributed by atoms with Crippen LogP contribution in [0, 0.1) is 23.5 Å². The summed E-state index contributed by atoms with van der Waals surface area (Å²) in [5, 5.41) is 2.76. The predicted molar refractivity (Wildman–Crippen MR) is 88.2 cm³/mol. The van der Waals surface area contributed by atoms with Gasteiger partial charge < -0.3 is 10.3 Å². The van der Waals surface area contributed by atoms with Gasteiger partial charge in [0.05, 0.1) is 0 Å². The van der Waals surface area contributed by atoms with Crippen molar-refractivity contribution in [1.82, 2.24) is 15.3 Å². The van der Waals surface area contributed by atoms with Gasteiger partial charge in [-0.25, -0.2) is 13.8 Å². The number of amides is 1. The maximum atomic E-state index is 14.1. The van der Waals surface area contributed by atoms with Gasteiger partial charge in [0.2, 0.25) is 0 Å². The number of carbonyl (C=O) groups is 1. The van der Waals surface area contributed by atoms with Crippen LogP contribution in [-0.4, -0.2) is 22.4 Å². The van der Waals surface area contributed by atoms with E-state index in [9.17, 15) is 18.4 Å². The van der Waals surface area contributed by atoms with Crippen molar-refractivity contribution in [2.45, 2.75) is 25.7 Å². The summed E-state index contributed by atoms with van der Waals surface area (Å²) in [5.74, 6) is -1.46. The van der Waals surface area contributed by atoms with Crippen LogP contribution in [0.15, 0.2) is 35.3 Å². The lowest BCUT2D eigenvalue weighted by atomic mass is 9.83. The van der Waals surface area contributed by atoms with Gasteiger partial charge in [0, 0.05) is 24.9 Å². The van der Waals surface area contributed by atoms with E-state index in [2.05, 4.69) is 15.3 Å². The summed E-state index contributed by atoms with van der Waals surface area (Å²) in [7, 11) is 0. The van der Waals surface area contributed by atoms with Gasteiger partial charge >= 0.3 is 0 Å². The zero-order chi connectivity index (χ0) is 18.0. The van der Waals surface area contributed by atoms with Gasteiger partial charge in [-0.15, -0.1) is 0 Å². The average molecular weight is 347 g/mol. The first-order valence-electron chi connectivity index (χ1n) is 8.24. The van der Waals surface area contributed by atoms with E-state index >= 15 is 0 Å². The molecule has 2 unspecified atom stereocenters. The molecule has 0 bridgehead atoms. The summed E-state index contributed by atoms with van der Waals surface area (Å²) in [6.07, 6.45) is 3.31. The van der Waals surface area contributed by atoms with Crippen molar-refractivity contribution in [1.29, 1.82) is 0 Å². The number of halogens is 2. The van der Waals surface area contributed by atoms with Crippen LogP contribution < -0.4 is 10.9 Å². The fourth-order valence-electron chi connectivity index (χ4n) is 3.16. The van der Waals surface area contributed by atoms with Gasteiger partial charge in [0.1, 0.15) is 11.6 Å². The molecule has 25 heavy (non-hydrogen) atoms. The third-order valence-electron chi connectivity index (χ3n) is 4.71. The van der Waals surface area contributed by atoms with Crippen molar-refractivity contribution in [2.75, 3.05) is 6.54 Å². The topological polar surface area (TPSA) is 74.8 Å². The molecular formula is C18H19F2N3O2. The molecule has 5 nitrogen and oxygen atoms in total. The molecule has 1 saturated carbocycles. The fraction of sp³-hybridized carbons (Fsp3) is 0.389. The molecule has 1 aliphatic carbocycles. The molecule has 2 aromatic rings. The minimum atomic E-state index is -0.608. The highest BCUT2D eigenvalue weighted by Crippen LogP contribution is 2.44. The van der Waals surface area contributed by atoms with Crippen LogP contribution in [-0.2, 0) is 0 Å². The molecule has 1 heterocycles. The molecule has 2 atom stereocenters. The normalized spacial score (nSPS) is 16.3. The van der Waals surface area contributed by atoms with Crippen molar-refractivity contribution < 1.29 is 13.6 Å². The Morgan fingerprint density at radius 1 is 1.36 bits per heavy atom. The Bertz CT molecular complexity index is 833. The van der Waals surface area contributed by atoms with Crippen molar-refractivity contribution in [3.8, 4) is 0 Å². The number of hydrogen-bond donors (Lipinski definition) is 2. The second-order valence-electron chi connectivity index (χ2n) is 6.45. The first-order chi connectivity index (χ1) is 12.0. The zero-order valence-electron chi connectivity index (χ0n) is 13.8. The largest absolute Gasteiger partial charge is 0.349 e. The van der Waals surface area contributed by atoms with E-state index in [4.69, 9.17) is 0 Å². The molecule has 132 valence electrons. The van der Waals surface area contributed by atoms with E-state index < -0.39 is 23.1 Å². The second kappa shape index (κ2) is 7.13. The van der Waals surface area contributed by atoms with E-state index in [0.29, 0.717) is 18.0 Å². The number of carbonyl (C=O) groups excluding carboxylic acids is 1. The summed E-state index contributed by atoms with van der Waals surface area (Å²) in [6.45, 7) is 2.22. The van der Waals surface area contributed by atoms with Crippen LogP contribution in [0.5, 0.6) is 0 Å². The molecule has 1 aromatic heterocycles. The highest BCUT2D eigenvalue weighted by atomic mass is 19.1. The Morgan fingerprint density at radius 3 is 2.76 bits per heavy atom. The summed E-state index contributed by atoms with van der Waals surface area (Å²) < 4.78 is 27.2. The first-order valence-corrected chi connectivity index (χ1v) is 8.24. The van der Waals surface area contributed by atoms with Crippen LogP contribution in [0.3, 0.4) is 0 Å². The first kappa shape index (κ1) is 17.3. The molecule has 7 heteroatoms. The molecule has 1 fully saturated rings. The number of rotatable bonds is 6. The third-order valence-corrected chi connectivity index (χ3v) is 4.71. The maximum absolute atomic E-state index is 14.1. The van der Waals surface area contributed by atoms with E-state index in [0.717, 1.165) is 18.9 Å². The highest BCUT2D eigenvalue weighted by molar-refractivity contribution is 5.90. The van der Waals surface area contributed by atoms with Crippen LogP contribution >= 0.6 is 0 Å². The van der Waals surface area contributed by atoms with Crippen molar-refractivity contribution in [3.05, 3.63) is 63.8 Å². The Kier molecular flexibility index (Phi) is 4.92. The zero-order valence-corrected chi connectivity index (χ0v) is 13.8. The summed E-state index contributed by atoms with van der Waals surface area (Å²) in [4.78, 5) is 29.6. The molecule has 1 aliphatic rings. The highest BCUT2D eigenvalue weighted by Gasteiger charge is 2.36. The standard InChI is InChI=1S/C18H19F2N3O2/c1-10(13-5-4-12(19)8-15(13)20)14(11-2-3-11)9-22-18(25)17-21-7-6-16(24)23-17/h4-8,10-11,14H,2-3,9H2,1H3,(H,22,25)(H,21,23,24). The van der Waals surface area contributed by atoms with Gasteiger partial charge in [-0.1, -0.05) is 13.0 Å². The Hall–Kier alpha value is -2.57. The molecule has 2 N–H and O–H groups in total. The van der Waals surface area contributed by atoms with E-state index in [-0.39, 0.29) is 17.7 Å². The number of nitrogens with zero attached hydrogens (tertiary/aromatic N) is 1. The SMILES string of the molecule is CC(c1ccc(F)cc1F)C(CNC(=O)c1nccc(=O)[nH]1)C1CC1. The lowest BCUT2D eigenvalue weighted by Gasteiger charge is -2.25. The smallest absolute Gasteiger partial charge is 0.287 e. The summed E-state index contributed by atoms with van der Waals surface area (Å²) in [6, 6.07) is 4.81. The lowest BCUT2D eigenvalue weighted by molar-refractivity contribution is 0.0932. The van der Waals surface area contributed by atoms with Gasteiger partial charge in [-0.05, 0) is 42.2 Å². The van der Waals surface area contributed by atoms with Gasteiger partial charge in [-0.3, -0.25) is 9.59 Å². The van der Waals surface area contributed by atoms with E-state index in [1.165, 1.54) is 24.4 Å². The minimum Gasteiger partial charge on any atom is -0.349 e. The van der Waals surface area contributed by atoms with Crippen molar-refractivity contribution in [2.24, 2.45) is 11.8 Å². The molecule has 1 aromatic carbocycles. The number of nitrogens with one attached hydrogen (secondary N) is 2. The van der Waals surface area contributed by atoms with Crippen LogP contribution in [0.25, 0.3) is 0 Å². The molecule has 0 spiro atoms. The average Bonchev–Trinajstić information content (AvgIpc) is 3.39. The molecule has 0 saturated heterocycles. The monoisotopic (exact) mass is 347 g/mol. The van der Waals surface area contributed by atoms with E-state index in [1.807, 2.05) is 6.92 Å². The van der Waals surface area contributed by atoms with Crippen LogP contribution in [0.4, 0.5) is 8.78 Å². The molecule has 0 aliphatic heterocycles. The third kappa shape index (κ3) is 4.10. The molecule has 3 rings (SSSR count). The molecule has 0 radical (unpaired) electrons. The molecule has 1 amide bonds. The number of H-pyrrole nitrogens is 1. The number of aromatic amines is 1. The number of benzene rings is 1. The number of hydrogen-bond acceptors (Lipinski definition) is 3. The lowest BCUT2D eigenvalue weighted by Crippen LogP contribution is -2.34. The number of aromatic nitrogens is 2. The summed E-state index contributed by atoms with van der Waals surface area (Å²) >= 11 is 0. The van der Waals surface area contributed by atoms with E-state index in [1.54, 1.807) is 0 Å². The van der Waals surface area contributed by atoms with Crippen molar-refractivity contribution in [3.63, 3.8) is 0 Å². The Morgan fingerprint density at radius 2 is 2.12 bits per heavy atom. The van der Waals surface area contributed by atoms with Crippen LogP contribution in [0.2, 0.25) is 0 Å². The molecular weight excluding hydrogens is 328 g/mol. The minimum absolute atomic E-state index is 0.0272. The fourth-order valence-corrected chi connectivity index (χ4v) is 3.16. The summed E-state index contributed by atoms with van der Waals surface area (Å²) in [5.41, 5.74) is 0.0411. The van der Waals surface area contributed by atoms with Gasteiger partial charge in [0.25, 0.3) is 11.5 Å².